The Morgan fingerprint density at radius 2 is 1.67 bits per heavy atom. The van der Waals surface area contributed by atoms with Crippen molar-refractivity contribution in [2.24, 2.45) is 11.3 Å². The Morgan fingerprint density at radius 1 is 1.17 bits per heavy atom. The molecule has 0 aromatic carbocycles. The number of methoxy groups -OCH3 is 1. The number of carbonyl (C=O) groups is 2. The van der Waals surface area contributed by atoms with E-state index in [1.54, 1.807) is 6.92 Å². The van der Waals surface area contributed by atoms with Gasteiger partial charge in [0, 0.05) is 0 Å². The van der Waals surface area contributed by atoms with Crippen molar-refractivity contribution in [1.29, 1.82) is 0 Å². The number of carbonyl (C=O) groups excluding carboxylic acids is 2. The molecule has 18 heavy (non-hydrogen) atoms. The summed E-state index contributed by atoms with van der Waals surface area (Å²) in [6, 6.07) is 0. The van der Waals surface area contributed by atoms with E-state index in [0.717, 1.165) is 0 Å². The summed E-state index contributed by atoms with van der Waals surface area (Å²) in [6.45, 7) is 11.0. The normalized spacial score (nSPS) is 16.6. The van der Waals surface area contributed by atoms with Crippen molar-refractivity contribution >= 4 is 11.9 Å². The first-order valence-electron chi connectivity index (χ1n) is 6.37. The van der Waals surface area contributed by atoms with Gasteiger partial charge in [-0.15, -0.1) is 0 Å². The lowest BCUT2D eigenvalue weighted by molar-refractivity contribution is -0.162. The van der Waals surface area contributed by atoms with Gasteiger partial charge in [0.05, 0.1) is 18.4 Å². The number of esters is 2. The van der Waals surface area contributed by atoms with Crippen LogP contribution in [0, 0.1) is 11.3 Å². The minimum Gasteiger partial charge on any atom is -0.469 e. The Balaban J connectivity index is 4.67. The van der Waals surface area contributed by atoms with Gasteiger partial charge in [0.1, 0.15) is 5.60 Å². The van der Waals surface area contributed by atoms with Gasteiger partial charge in [0.15, 0.2) is 0 Å². The zero-order valence-electron chi connectivity index (χ0n) is 12.6. The minimum atomic E-state index is -0.634. The summed E-state index contributed by atoms with van der Waals surface area (Å²) in [7, 11) is 1.37. The highest BCUT2D eigenvalue weighted by molar-refractivity contribution is 5.78. The van der Waals surface area contributed by atoms with Gasteiger partial charge in [-0.1, -0.05) is 13.8 Å². The lowest BCUT2D eigenvalue weighted by Gasteiger charge is -2.29. The zero-order chi connectivity index (χ0) is 14.6. The van der Waals surface area contributed by atoms with Gasteiger partial charge in [-0.2, -0.15) is 0 Å². The van der Waals surface area contributed by atoms with Crippen LogP contribution in [0.25, 0.3) is 0 Å². The molecule has 0 amide bonds. The van der Waals surface area contributed by atoms with Crippen LogP contribution in [0.5, 0.6) is 0 Å². The minimum absolute atomic E-state index is 0.272. The fourth-order valence-corrected chi connectivity index (χ4v) is 1.78. The Labute approximate surface area is 110 Å². The maximum Gasteiger partial charge on any atom is 0.311 e. The Morgan fingerprint density at radius 3 is 2.00 bits per heavy atom. The van der Waals surface area contributed by atoms with Gasteiger partial charge in [-0.3, -0.25) is 9.59 Å². The first kappa shape index (κ1) is 16.9. The number of hydrogen-bond acceptors (Lipinski definition) is 4. The van der Waals surface area contributed by atoms with Gasteiger partial charge in [0.2, 0.25) is 0 Å². The van der Waals surface area contributed by atoms with Crippen molar-refractivity contribution in [3.05, 3.63) is 0 Å². The van der Waals surface area contributed by atoms with Crippen molar-refractivity contribution < 1.29 is 19.1 Å². The molecule has 0 N–H and O–H groups in total. The molecule has 0 rings (SSSR count). The highest BCUT2D eigenvalue weighted by Gasteiger charge is 2.36. The van der Waals surface area contributed by atoms with Crippen molar-refractivity contribution in [3.8, 4) is 0 Å². The number of rotatable bonds is 5. The Hall–Kier alpha value is -1.06. The molecule has 2 unspecified atom stereocenters. The molecule has 0 aliphatic rings. The predicted molar refractivity (Wildman–Crippen MR) is 70.0 cm³/mol. The van der Waals surface area contributed by atoms with Gasteiger partial charge in [-0.25, -0.2) is 0 Å². The summed E-state index contributed by atoms with van der Waals surface area (Å²) in [5, 5.41) is 0. The van der Waals surface area contributed by atoms with E-state index in [9.17, 15) is 9.59 Å². The van der Waals surface area contributed by atoms with Crippen molar-refractivity contribution in [3.63, 3.8) is 0 Å². The number of hydrogen-bond donors (Lipinski definition) is 0. The quantitative estimate of drug-likeness (QED) is 0.711. The first-order chi connectivity index (χ1) is 8.05. The predicted octanol–water partition coefficient (Wildman–Crippen LogP) is 2.94. The maximum atomic E-state index is 11.9. The smallest absolute Gasteiger partial charge is 0.311 e. The van der Waals surface area contributed by atoms with Crippen LogP contribution in [0.15, 0.2) is 0 Å². The van der Waals surface area contributed by atoms with Crippen LogP contribution < -0.4 is 0 Å². The lowest BCUT2D eigenvalue weighted by atomic mass is 9.79. The van der Waals surface area contributed by atoms with Crippen molar-refractivity contribution in [2.75, 3.05) is 7.11 Å². The second-order valence-electron chi connectivity index (χ2n) is 6.04. The summed E-state index contributed by atoms with van der Waals surface area (Å²) < 4.78 is 10.1. The van der Waals surface area contributed by atoms with Gasteiger partial charge in [-0.05, 0) is 40.5 Å². The van der Waals surface area contributed by atoms with Gasteiger partial charge < -0.3 is 9.47 Å². The largest absolute Gasteiger partial charge is 0.469 e. The van der Waals surface area contributed by atoms with Crippen LogP contribution in [-0.4, -0.2) is 24.6 Å². The summed E-state index contributed by atoms with van der Waals surface area (Å²) in [5.74, 6) is -0.875. The van der Waals surface area contributed by atoms with Crippen LogP contribution in [0.1, 0.15) is 54.4 Å². The highest BCUT2D eigenvalue weighted by atomic mass is 16.6. The van der Waals surface area contributed by atoms with E-state index < -0.39 is 11.0 Å². The molecule has 0 bridgehead atoms. The molecule has 0 saturated carbocycles. The van der Waals surface area contributed by atoms with E-state index in [1.165, 1.54) is 7.11 Å². The fraction of sp³-hybridized carbons (Fsp3) is 0.857. The summed E-state index contributed by atoms with van der Waals surface area (Å²) in [5.41, 5.74) is -1.13. The summed E-state index contributed by atoms with van der Waals surface area (Å²) >= 11 is 0. The van der Waals surface area contributed by atoms with E-state index in [0.29, 0.717) is 12.8 Å². The summed E-state index contributed by atoms with van der Waals surface area (Å²) in [6.07, 6.45) is 1.07. The third-order valence-electron chi connectivity index (χ3n) is 3.02. The topological polar surface area (TPSA) is 52.6 Å². The van der Waals surface area contributed by atoms with Crippen LogP contribution in [0.4, 0.5) is 0 Å². The standard InChI is InChI=1S/C14H26O4/c1-8-14(6,12(16)17-7)9-10(2)11(15)18-13(3,4)5/h10H,8-9H2,1-7H3. The average molecular weight is 258 g/mol. The van der Waals surface area contributed by atoms with E-state index in [4.69, 9.17) is 9.47 Å². The van der Waals surface area contributed by atoms with E-state index in [-0.39, 0.29) is 17.9 Å². The van der Waals surface area contributed by atoms with Crippen molar-refractivity contribution in [2.45, 2.75) is 60.0 Å². The van der Waals surface area contributed by atoms with Gasteiger partial charge >= 0.3 is 11.9 Å². The lowest BCUT2D eigenvalue weighted by Crippen LogP contribution is -2.35. The molecule has 0 radical (unpaired) electrons. The van der Waals surface area contributed by atoms with Gasteiger partial charge in [0.25, 0.3) is 0 Å². The Bertz CT molecular complexity index is 303. The molecular weight excluding hydrogens is 232 g/mol. The molecule has 0 fully saturated rings. The highest BCUT2D eigenvalue weighted by Crippen LogP contribution is 2.32. The molecule has 2 atom stereocenters. The molecule has 0 spiro atoms. The van der Waals surface area contributed by atoms with E-state index in [2.05, 4.69) is 0 Å². The van der Waals surface area contributed by atoms with Crippen LogP contribution in [0.3, 0.4) is 0 Å². The molecular formula is C14H26O4. The fourth-order valence-electron chi connectivity index (χ4n) is 1.78. The van der Waals surface area contributed by atoms with E-state index >= 15 is 0 Å². The molecule has 0 heterocycles. The number of ether oxygens (including phenoxy) is 2. The Kier molecular flexibility index (Phi) is 5.84. The van der Waals surface area contributed by atoms with E-state index in [1.807, 2.05) is 34.6 Å². The third kappa shape index (κ3) is 5.07. The monoisotopic (exact) mass is 258 g/mol. The molecule has 0 saturated heterocycles. The van der Waals surface area contributed by atoms with Crippen LogP contribution >= 0.6 is 0 Å². The molecule has 0 aromatic rings. The zero-order valence-corrected chi connectivity index (χ0v) is 12.6. The summed E-state index contributed by atoms with van der Waals surface area (Å²) in [4.78, 5) is 23.6. The molecule has 4 nitrogen and oxygen atoms in total. The SMILES string of the molecule is CCC(C)(CC(C)C(=O)OC(C)(C)C)C(=O)OC. The second kappa shape index (κ2) is 6.21. The molecule has 0 aliphatic carbocycles. The molecule has 0 aromatic heterocycles. The maximum absolute atomic E-state index is 11.9. The first-order valence-corrected chi connectivity index (χ1v) is 6.37. The molecule has 106 valence electrons. The third-order valence-corrected chi connectivity index (χ3v) is 3.02. The van der Waals surface area contributed by atoms with Crippen LogP contribution in [0.2, 0.25) is 0 Å². The molecule has 0 aliphatic heterocycles. The average Bonchev–Trinajstić information content (AvgIpc) is 2.25. The molecule has 4 heteroatoms. The second-order valence-corrected chi connectivity index (χ2v) is 6.04. The van der Waals surface area contributed by atoms with Crippen LogP contribution in [-0.2, 0) is 19.1 Å². The van der Waals surface area contributed by atoms with Crippen molar-refractivity contribution in [1.82, 2.24) is 0 Å².